The Morgan fingerprint density at radius 3 is 2.52 bits per heavy atom. The zero-order valence-electron chi connectivity index (χ0n) is 12.1. The van der Waals surface area contributed by atoms with E-state index in [4.69, 9.17) is 0 Å². The maximum absolute atomic E-state index is 12.0. The highest BCUT2D eigenvalue weighted by Crippen LogP contribution is 2.20. The average molecular weight is 316 g/mol. The average Bonchev–Trinajstić information content (AvgIpc) is 2.49. The van der Waals surface area contributed by atoms with Gasteiger partial charge in [0.05, 0.1) is 16.3 Å². The van der Waals surface area contributed by atoms with E-state index >= 15 is 0 Å². The highest BCUT2D eigenvalue weighted by molar-refractivity contribution is 5.92. The van der Waals surface area contributed by atoms with Crippen LogP contribution in [0.5, 0.6) is 0 Å². The first-order valence-electron chi connectivity index (χ1n) is 6.51. The first-order chi connectivity index (χ1) is 10.9. The number of anilines is 1. The van der Waals surface area contributed by atoms with Gasteiger partial charge in [0.25, 0.3) is 11.4 Å². The van der Waals surface area contributed by atoms with Crippen molar-refractivity contribution in [2.75, 3.05) is 5.32 Å². The number of para-hydroxylation sites is 1. The number of hydrogen-bond acceptors (Lipinski definition) is 6. The number of hydrogen-bond donors (Lipinski definition) is 1. The molecule has 23 heavy (non-hydrogen) atoms. The molecule has 1 N–H and O–H groups in total. The van der Waals surface area contributed by atoms with Gasteiger partial charge in [0.1, 0.15) is 12.0 Å². The number of nitrogens with zero attached hydrogens (tertiary/aromatic N) is 3. The van der Waals surface area contributed by atoms with Crippen LogP contribution in [0.4, 0.5) is 17.2 Å². The molecule has 0 radical (unpaired) electrons. The molecule has 1 aromatic carbocycles. The molecule has 0 aliphatic rings. The van der Waals surface area contributed by atoms with Crippen molar-refractivity contribution in [2.24, 2.45) is 0 Å². The standard InChI is InChI=1S/C14H12N4O5/c1-9-6-11(17(20)21)8-15-14(9)16-13(19)7-10-4-2-3-5-12(10)18(22)23/h2-6,8H,7H2,1H3,(H,15,16,19). The number of carbonyl (C=O) groups excluding carboxylic acids is 1. The van der Waals surface area contributed by atoms with Crippen LogP contribution >= 0.6 is 0 Å². The molecule has 0 unspecified atom stereocenters. The van der Waals surface area contributed by atoms with Crippen LogP contribution in [0.1, 0.15) is 11.1 Å². The molecule has 0 bridgehead atoms. The van der Waals surface area contributed by atoms with Gasteiger partial charge in [-0.25, -0.2) is 4.98 Å². The summed E-state index contributed by atoms with van der Waals surface area (Å²) in [6, 6.07) is 7.21. The predicted molar refractivity (Wildman–Crippen MR) is 81.1 cm³/mol. The summed E-state index contributed by atoms with van der Waals surface area (Å²) in [5.41, 5.74) is 0.375. The number of nitrogens with one attached hydrogen (secondary N) is 1. The summed E-state index contributed by atoms with van der Waals surface area (Å²) < 4.78 is 0. The minimum Gasteiger partial charge on any atom is -0.310 e. The Labute approximate surface area is 130 Å². The monoisotopic (exact) mass is 316 g/mol. The molecule has 0 saturated heterocycles. The van der Waals surface area contributed by atoms with Crippen LogP contribution in [0.2, 0.25) is 0 Å². The Bertz CT molecular complexity index is 790. The smallest absolute Gasteiger partial charge is 0.287 e. The van der Waals surface area contributed by atoms with Crippen molar-refractivity contribution in [3.63, 3.8) is 0 Å². The Hall–Kier alpha value is -3.36. The maximum Gasteiger partial charge on any atom is 0.287 e. The van der Waals surface area contributed by atoms with E-state index in [9.17, 15) is 25.0 Å². The van der Waals surface area contributed by atoms with E-state index in [0.29, 0.717) is 5.56 Å². The second-order valence-corrected chi connectivity index (χ2v) is 4.73. The van der Waals surface area contributed by atoms with E-state index < -0.39 is 15.8 Å². The molecule has 0 spiro atoms. The third kappa shape index (κ3) is 3.84. The molecule has 118 valence electrons. The first-order valence-corrected chi connectivity index (χ1v) is 6.51. The van der Waals surface area contributed by atoms with Crippen molar-refractivity contribution in [1.29, 1.82) is 0 Å². The van der Waals surface area contributed by atoms with E-state index in [2.05, 4.69) is 10.3 Å². The van der Waals surface area contributed by atoms with E-state index in [1.165, 1.54) is 24.3 Å². The maximum atomic E-state index is 12.0. The topological polar surface area (TPSA) is 128 Å². The van der Waals surface area contributed by atoms with Crippen molar-refractivity contribution in [2.45, 2.75) is 13.3 Å². The Morgan fingerprint density at radius 2 is 1.91 bits per heavy atom. The number of aromatic nitrogens is 1. The third-order valence-corrected chi connectivity index (χ3v) is 3.07. The zero-order valence-corrected chi connectivity index (χ0v) is 12.1. The van der Waals surface area contributed by atoms with Gasteiger partial charge >= 0.3 is 0 Å². The SMILES string of the molecule is Cc1cc([N+](=O)[O-])cnc1NC(=O)Cc1ccccc1[N+](=O)[O-]. The first kappa shape index (κ1) is 16.0. The van der Waals surface area contributed by atoms with Gasteiger partial charge in [-0.05, 0) is 12.5 Å². The van der Waals surface area contributed by atoms with Gasteiger partial charge in [-0.1, -0.05) is 18.2 Å². The fourth-order valence-electron chi connectivity index (χ4n) is 1.98. The van der Waals surface area contributed by atoms with Crippen molar-refractivity contribution < 1.29 is 14.6 Å². The molecular formula is C14H12N4O5. The van der Waals surface area contributed by atoms with E-state index in [0.717, 1.165) is 6.20 Å². The molecule has 0 aliphatic heterocycles. The lowest BCUT2D eigenvalue weighted by Gasteiger charge is -2.07. The highest BCUT2D eigenvalue weighted by atomic mass is 16.6. The molecule has 9 nitrogen and oxygen atoms in total. The van der Waals surface area contributed by atoms with Gasteiger partial charge in [-0.3, -0.25) is 25.0 Å². The number of rotatable bonds is 5. The fraction of sp³-hybridized carbons (Fsp3) is 0.143. The van der Waals surface area contributed by atoms with Crippen LogP contribution in [0.3, 0.4) is 0 Å². The summed E-state index contributed by atoms with van der Waals surface area (Å²) >= 11 is 0. The van der Waals surface area contributed by atoms with Gasteiger partial charge in [0.15, 0.2) is 0 Å². The van der Waals surface area contributed by atoms with Crippen LogP contribution < -0.4 is 5.32 Å². The van der Waals surface area contributed by atoms with Crippen molar-refractivity contribution in [3.05, 3.63) is 67.9 Å². The van der Waals surface area contributed by atoms with Gasteiger partial charge in [0, 0.05) is 17.7 Å². The molecule has 1 heterocycles. The molecule has 1 amide bonds. The van der Waals surface area contributed by atoms with Gasteiger partial charge < -0.3 is 5.32 Å². The molecule has 2 aromatic rings. The third-order valence-electron chi connectivity index (χ3n) is 3.07. The van der Waals surface area contributed by atoms with Crippen LogP contribution in [0.15, 0.2) is 36.5 Å². The zero-order chi connectivity index (χ0) is 17.0. The number of nitro groups is 2. The van der Waals surface area contributed by atoms with Crippen molar-refractivity contribution >= 4 is 23.1 Å². The normalized spacial score (nSPS) is 10.1. The second kappa shape index (κ2) is 6.60. The lowest BCUT2D eigenvalue weighted by atomic mass is 10.1. The highest BCUT2D eigenvalue weighted by Gasteiger charge is 2.17. The molecule has 9 heteroatoms. The lowest BCUT2D eigenvalue weighted by Crippen LogP contribution is -2.17. The van der Waals surface area contributed by atoms with Crippen LogP contribution in [0, 0.1) is 27.2 Å². The summed E-state index contributed by atoms with van der Waals surface area (Å²) in [5.74, 6) is -0.317. The largest absolute Gasteiger partial charge is 0.310 e. The number of carbonyl (C=O) groups is 1. The minimum absolute atomic E-state index is 0.143. The van der Waals surface area contributed by atoms with Gasteiger partial charge in [-0.2, -0.15) is 0 Å². The summed E-state index contributed by atoms with van der Waals surface area (Å²) in [6.07, 6.45) is 0.836. The molecule has 0 aliphatic carbocycles. The quantitative estimate of drug-likeness (QED) is 0.666. The molecule has 0 atom stereocenters. The Kier molecular flexibility index (Phi) is 4.60. The summed E-state index contributed by atoms with van der Waals surface area (Å²) in [5, 5.41) is 24.1. The number of pyridine rings is 1. The molecular weight excluding hydrogens is 304 g/mol. The minimum atomic E-state index is -0.584. The predicted octanol–water partition coefficient (Wildman–Crippen LogP) is 2.39. The Balaban J connectivity index is 2.15. The molecule has 1 aromatic heterocycles. The number of amides is 1. The van der Waals surface area contributed by atoms with Gasteiger partial charge in [0.2, 0.25) is 5.91 Å². The van der Waals surface area contributed by atoms with Gasteiger partial charge in [-0.15, -0.1) is 0 Å². The summed E-state index contributed by atoms with van der Waals surface area (Å²) in [6.45, 7) is 1.57. The molecule has 2 rings (SSSR count). The summed E-state index contributed by atoms with van der Waals surface area (Å²) in [4.78, 5) is 36.3. The molecule has 0 saturated carbocycles. The van der Waals surface area contributed by atoms with Crippen molar-refractivity contribution in [3.8, 4) is 0 Å². The number of nitro benzene ring substituents is 1. The number of benzene rings is 1. The fourth-order valence-corrected chi connectivity index (χ4v) is 1.98. The van der Waals surface area contributed by atoms with E-state index in [-0.39, 0.29) is 29.2 Å². The summed E-state index contributed by atoms with van der Waals surface area (Å²) in [7, 11) is 0. The van der Waals surface area contributed by atoms with Crippen LogP contribution in [-0.4, -0.2) is 20.7 Å². The molecule has 0 fully saturated rings. The van der Waals surface area contributed by atoms with E-state index in [1.807, 2.05) is 0 Å². The van der Waals surface area contributed by atoms with Crippen LogP contribution in [-0.2, 0) is 11.2 Å². The number of aryl methyl sites for hydroxylation is 1. The Morgan fingerprint density at radius 1 is 1.22 bits per heavy atom. The lowest BCUT2D eigenvalue weighted by molar-refractivity contribution is -0.385. The van der Waals surface area contributed by atoms with E-state index in [1.54, 1.807) is 13.0 Å². The second-order valence-electron chi connectivity index (χ2n) is 4.73. The van der Waals surface area contributed by atoms with Crippen LogP contribution in [0.25, 0.3) is 0 Å². The van der Waals surface area contributed by atoms with Crippen molar-refractivity contribution in [1.82, 2.24) is 4.98 Å².